The Kier molecular flexibility index (Phi) is 28.3. The average molecular weight is 464 g/mol. The van der Waals surface area contributed by atoms with Crippen LogP contribution < -0.4 is 0 Å². The number of hydrogen-bond acceptors (Lipinski definition) is 10. The third kappa shape index (κ3) is 58.4. The summed E-state index contributed by atoms with van der Waals surface area (Å²) in [6.07, 6.45) is -3.24. The second-order valence-corrected chi connectivity index (χ2v) is 5.05. The van der Waals surface area contributed by atoms with E-state index in [0.717, 1.165) is 20.8 Å². The summed E-state index contributed by atoms with van der Waals surface area (Å²) >= 11 is 0. The van der Waals surface area contributed by atoms with Crippen LogP contribution in [0.3, 0.4) is 0 Å². The molecule has 0 amide bonds. The number of carboxylic acids is 6. The number of carboxylic acid groups (broad SMARTS) is 6. The Morgan fingerprint density at radius 1 is 0.645 bits per heavy atom. The second-order valence-electron chi connectivity index (χ2n) is 5.05. The second kappa shape index (κ2) is 22.9. The van der Waals surface area contributed by atoms with Crippen molar-refractivity contribution in [3.05, 3.63) is 0 Å². The normalized spacial score (nSPS) is 8.90. The van der Waals surface area contributed by atoms with E-state index in [9.17, 15) is 14.4 Å². The number of aliphatic carboxylic acids is 6. The van der Waals surface area contributed by atoms with Gasteiger partial charge in [0.05, 0.1) is 26.1 Å². The van der Waals surface area contributed by atoms with Gasteiger partial charge in [0.15, 0.2) is 5.60 Å². The number of carbonyl (C=O) groups is 6. The van der Waals surface area contributed by atoms with E-state index in [1.807, 2.05) is 0 Å². The van der Waals surface area contributed by atoms with Gasteiger partial charge in [0.25, 0.3) is 17.9 Å². The lowest BCUT2D eigenvalue weighted by Gasteiger charge is -2.18. The maximum atomic E-state index is 10.3. The molecule has 0 saturated heterocycles. The third-order valence-corrected chi connectivity index (χ3v) is 1.71. The minimum Gasteiger partial charge on any atom is -0.481 e. The quantitative estimate of drug-likeness (QED) is 0.184. The van der Waals surface area contributed by atoms with Crippen molar-refractivity contribution in [3.63, 3.8) is 0 Å². The highest BCUT2D eigenvalue weighted by Crippen LogP contribution is 2.15. The zero-order valence-corrected chi connectivity index (χ0v) is 16.8. The molecule has 0 unspecified atom stereocenters. The first kappa shape index (κ1) is 38.3. The molecule has 0 aromatic heterocycles. The minimum absolute atomic E-state index is 0.365. The Bertz CT molecular complexity index is 495. The fourth-order valence-electron chi connectivity index (χ4n) is 0.772. The molecule has 0 rings (SSSR count). The van der Waals surface area contributed by atoms with Gasteiger partial charge in [-0.15, -0.1) is 0 Å². The van der Waals surface area contributed by atoms with Crippen LogP contribution in [0.5, 0.6) is 0 Å². The van der Waals surface area contributed by atoms with Crippen LogP contribution in [0.25, 0.3) is 0 Å². The van der Waals surface area contributed by atoms with E-state index >= 15 is 0 Å². The van der Waals surface area contributed by atoms with Gasteiger partial charge in [-0.05, 0) is 0 Å². The van der Waals surface area contributed by atoms with E-state index in [-0.39, 0.29) is 13.2 Å². The monoisotopic (exact) mass is 464 g/mol. The lowest BCUT2D eigenvalue weighted by atomic mass is 9.96. The topological polar surface area (TPSA) is 305 Å². The maximum Gasteiger partial charge on any atom is 0.336 e. The summed E-state index contributed by atoms with van der Waals surface area (Å²) in [4.78, 5) is 57.5. The Morgan fingerprint density at radius 2 is 0.839 bits per heavy atom. The van der Waals surface area contributed by atoms with Gasteiger partial charge in [0, 0.05) is 20.8 Å². The van der Waals surface area contributed by atoms with Gasteiger partial charge >= 0.3 is 17.9 Å². The van der Waals surface area contributed by atoms with Gasteiger partial charge in [-0.3, -0.25) is 24.0 Å². The van der Waals surface area contributed by atoms with Gasteiger partial charge in [-0.1, -0.05) is 0 Å². The predicted octanol–water partition coefficient (Wildman–Crippen LogP) is -2.64. The number of rotatable bonds is 7. The maximum absolute atomic E-state index is 10.3. The fraction of sp³-hybridized carbons (Fsp3) is 0.600. The van der Waals surface area contributed by atoms with Crippen LogP contribution in [0.4, 0.5) is 0 Å². The molecule has 0 radical (unpaired) electrons. The van der Waals surface area contributed by atoms with Gasteiger partial charge in [-0.25, -0.2) is 4.79 Å². The first-order chi connectivity index (χ1) is 13.8. The Balaban J connectivity index is -0.000000104. The van der Waals surface area contributed by atoms with Crippen molar-refractivity contribution in [2.75, 3.05) is 13.2 Å². The van der Waals surface area contributed by atoms with Crippen LogP contribution in [0.15, 0.2) is 0 Å². The molecule has 0 heterocycles. The molecule has 16 heteroatoms. The highest BCUT2D eigenvalue weighted by atomic mass is 16.4. The summed E-state index contributed by atoms with van der Waals surface area (Å²) in [6, 6.07) is 0. The molecule has 16 nitrogen and oxygen atoms in total. The lowest BCUT2D eigenvalue weighted by Crippen LogP contribution is -2.42. The van der Waals surface area contributed by atoms with Crippen molar-refractivity contribution >= 4 is 35.8 Å². The van der Waals surface area contributed by atoms with E-state index in [1.54, 1.807) is 0 Å². The third-order valence-electron chi connectivity index (χ3n) is 1.71. The zero-order chi connectivity index (χ0) is 26.4. The molecule has 0 aliphatic carbocycles. The molecule has 0 fully saturated rings. The summed E-state index contributed by atoms with van der Waals surface area (Å²) in [6.45, 7) is 2.52. The molecular weight excluding hydrogens is 436 g/mol. The first-order valence-electron chi connectivity index (χ1n) is 7.66. The van der Waals surface area contributed by atoms with E-state index in [2.05, 4.69) is 0 Å². The van der Waals surface area contributed by atoms with Gasteiger partial charge in [0.2, 0.25) is 0 Å². The summed E-state index contributed by atoms with van der Waals surface area (Å²) < 4.78 is 0. The largest absolute Gasteiger partial charge is 0.481 e. The molecule has 184 valence electrons. The molecule has 0 aliphatic rings. The van der Waals surface area contributed by atoms with Crippen molar-refractivity contribution < 1.29 is 79.8 Å². The van der Waals surface area contributed by atoms with E-state index < -0.39 is 60.4 Å². The van der Waals surface area contributed by atoms with Gasteiger partial charge < -0.3 is 51.1 Å². The van der Waals surface area contributed by atoms with Crippen molar-refractivity contribution in [3.8, 4) is 0 Å². The molecule has 0 aromatic carbocycles. The first-order valence-corrected chi connectivity index (χ1v) is 7.66. The van der Waals surface area contributed by atoms with Gasteiger partial charge in [0.1, 0.15) is 6.10 Å². The molecule has 0 bridgehead atoms. The Morgan fingerprint density at radius 3 is 0.903 bits per heavy atom. The van der Waals surface area contributed by atoms with Crippen molar-refractivity contribution in [1.29, 1.82) is 0 Å². The summed E-state index contributed by atoms with van der Waals surface area (Å²) in [5.41, 5.74) is -2.74. The Labute approximate surface area is 175 Å². The molecule has 0 saturated carbocycles. The molecule has 0 spiro atoms. The zero-order valence-electron chi connectivity index (χ0n) is 16.8. The smallest absolute Gasteiger partial charge is 0.336 e. The number of hydrogen-bond donors (Lipinski definition) is 10. The van der Waals surface area contributed by atoms with Crippen LogP contribution in [0.1, 0.15) is 33.6 Å². The lowest BCUT2D eigenvalue weighted by molar-refractivity contribution is -0.170. The van der Waals surface area contributed by atoms with Crippen molar-refractivity contribution in [1.82, 2.24) is 0 Å². The number of aliphatic hydroxyl groups is 4. The van der Waals surface area contributed by atoms with E-state index in [4.69, 9.17) is 65.4 Å². The molecule has 31 heavy (non-hydrogen) atoms. The molecule has 0 aromatic rings. The Hall–Kier alpha value is -3.34. The minimum atomic E-state index is -2.74. The van der Waals surface area contributed by atoms with Crippen LogP contribution in [0, 0.1) is 0 Å². The molecule has 10 N–H and O–H groups in total. The van der Waals surface area contributed by atoms with Crippen molar-refractivity contribution in [2.24, 2.45) is 0 Å². The van der Waals surface area contributed by atoms with E-state index in [1.165, 1.54) is 0 Å². The highest BCUT2D eigenvalue weighted by Gasteiger charge is 2.40. The van der Waals surface area contributed by atoms with E-state index in [0.29, 0.717) is 0 Å². The number of aliphatic hydroxyl groups excluding tert-OH is 3. The van der Waals surface area contributed by atoms with Crippen LogP contribution in [0.2, 0.25) is 0 Å². The average Bonchev–Trinajstić information content (AvgIpc) is 2.51. The summed E-state index contributed by atoms with van der Waals surface area (Å²) in [5.74, 6) is -7.52. The standard InChI is InChI=1S/C6H8O7.C3H8O3.3C2H4O2/c7-3(8)1-6(13,5(11)12)2-4(9)10;4-1-3(6)2-5;3*1-2(3)4/h13H,1-2H2,(H,7,8)(H,9,10)(H,11,12);3-6H,1-2H2;3*1H3,(H,3,4). The SMILES string of the molecule is CC(=O)O.CC(=O)O.CC(=O)O.O=C(O)CC(O)(CC(=O)O)C(=O)O.OCC(O)CO. The predicted molar refractivity (Wildman–Crippen MR) is 97.2 cm³/mol. The van der Waals surface area contributed by atoms with Crippen LogP contribution in [-0.2, 0) is 28.8 Å². The van der Waals surface area contributed by atoms with Crippen molar-refractivity contribution in [2.45, 2.75) is 45.3 Å². The fourth-order valence-corrected chi connectivity index (χ4v) is 0.772. The molecule has 0 atom stereocenters. The van der Waals surface area contributed by atoms with Crippen LogP contribution >= 0.6 is 0 Å². The van der Waals surface area contributed by atoms with Crippen LogP contribution in [-0.4, -0.2) is 112 Å². The van der Waals surface area contributed by atoms with Gasteiger partial charge in [-0.2, -0.15) is 0 Å². The highest BCUT2D eigenvalue weighted by molar-refractivity contribution is 5.88. The summed E-state index contributed by atoms with van der Waals surface area (Å²) in [5, 5.41) is 80.1. The molecular formula is C15H28O16. The summed E-state index contributed by atoms with van der Waals surface area (Å²) in [7, 11) is 0. The molecule has 0 aliphatic heterocycles.